The Kier molecular flexibility index (Phi) is 8.28. The van der Waals surface area contributed by atoms with Crippen molar-refractivity contribution in [3.05, 3.63) is 35.5 Å². The summed E-state index contributed by atoms with van der Waals surface area (Å²) in [6, 6.07) is 2.94. The van der Waals surface area contributed by atoms with Gasteiger partial charge in [-0.05, 0) is 73.6 Å². The topological polar surface area (TPSA) is 114 Å². The van der Waals surface area contributed by atoms with Gasteiger partial charge in [0.2, 0.25) is 0 Å². The molecule has 11 nitrogen and oxygen atoms in total. The van der Waals surface area contributed by atoms with Gasteiger partial charge in [0, 0.05) is 43.0 Å². The highest BCUT2D eigenvalue weighted by Gasteiger charge is 2.41. The number of fused-ring (bicyclic) bond motifs is 1. The van der Waals surface area contributed by atoms with E-state index in [1.54, 1.807) is 53.4 Å². The summed E-state index contributed by atoms with van der Waals surface area (Å²) >= 11 is 0. The molecule has 2 aromatic rings. The summed E-state index contributed by atoms with van der Waals surface area (Å²) in [4.78, 5) is 50.9. The normalized spacial score (nSPS) is 19.5. The standard InChI is InChI=1S/C29H36F3N5O6/c1-16-15-35(11-12-36(16)24(38)42-27(3,4)5)21-14-18(29(30,31)32)13-20(34-21)19-9-10-33-23-22(19)17(2)41-25(39)37(23)26(40)43-28(6,7)8/h9-10,13-14,16-17H,11-12,15H2,1-8H3/t16-,17?/m0/s1. The maximum atomic E-state index is 14.2. The molecule has 2 atom stereocenters. The number of halogens is 3. The first-order chi connectivity index (χ1) is 19.7. The number of amides is 3. The van der Waals surface area contributed by atoms with Gasteiger partial charge < -0.3 is 24.0 Å². The number of anilines is 2. The van der Waals surface area contributed by atoms with Crippen molar-refractivity contribution in [3.63, 3.8) is 0 Å². The number of alkyl halides is 3. The van der Waals surface area contributed by atoms with Gasteiger partial charge in [0.25, 0.3) is 0 Å². The molecule has 0 bridgehead atoms. The predicted octanol–water partition coefficient (Wildman–Crippen LogP) is 6.56. The molecule has 2 aliphatic rings. The number of carbonyl (C=O) groups is 3. The van der Waals surface area contributed by atoms with Crippen LogP contribution in [0.3, 0.4) is 0 Å². The number of pyridine rings is 2. The monoisotopic (exact) mass is 607 g/mol. The first kappa shape index (κ1) is 31.8. The average molecular weight is 608 g/mol. The summed E-state index contributed by atoms with van der Waals surface area (Å²) in [5.41, 5.74) is -2.23. The Bertz CT molecular complexity index is 1420. The minimum absolute atomic E-state index is 0.0514. The number of hydrogen-bond acceptors (Lipinski definition) is 9. The summed E-state index contributed by atoms with van der Waals surface area (Å²) in [6.45, 7) is 14.1. The fraction of sp³-hybridized carbons (Fsp3) is 0.552. The number of cyclic esters (lactones) is 1. The van der Waals surface area contributed by atoms with E-state index in [-0.39, 0.29) is 54.1 Å². The fourth-order valence-corrected chi connectivity index (χ4v) is 4.82. The number of piperazine rings is 1. The molecule has 0 aromatic carbocycles. The molecule has 0 saturated carbocycles. The number of carbonyl (C=O) groups excluding carboxylic acids is 3. The van der Waals surface area contributed by atoms with Crippen LogP contribution in [0.15, 0.2) is 24.4 Å². The lowest BCUT2D eigenvalue weighted by Crippen LogP contribution is -2.55. The quantitative estimate of drug-likeness (QED) is 0.350. The zero-order valence-corrected chi connectivity index (χ0v) is 25.4. The first-order valence-electron chi connectivity index (χ1n) is 13.8. The Morgan fingerprint density at radius 2 is 1.60 bits per heavy atom. The lowest BCUT2D eigenvalue weighted by Gasteiger charge is -2.41. The van der Waals surface area contributed by atoms with Crippen LogP contribution < -0.4 is 9.80 Å². The van der Waals surface area contributed by atoms with Crippen molar-refractivity contribution in [3.8, 4) is 11.3 Å². The van der Waals surface area contributed by atoms with Gasteiger partial charge in [0.05, 0.1) is 11.3 Å². The highest BCUT2D eigenvalue weighted by molar-refractivity contribution is 6.10. The Hall–Kier alpha value is -4.10. The SMILES string of the molecule is CC1OC(=O)N(C(=O)OC(C)(C)C)c2nccc(-c3cc(C(F)(F)F)cc(N4CCN(C(=O)OC(C)(C)C)[C@@H](C)C4)n3)c21. The molecule has 0 N–H and O–H groups in total. The second kappa shape index (κ2) is 11.2. The zero-order valence-electron chi connectivity index (χ0n) is 25.4. The Morgan fingerprint density at radius 1 is 0.977 bits per heavy atom. The van der Waals surface area contributed by atoms with Gasteiger partial charge in [0.1, 0.15) is 23.1 Å². The van der Waals surface area contributed by atoms with Gasteiger partial charge in [-0.3, -0.25) is 0 Å². The van der Waals surface area contributed by atoms with Crippen molar-refractivity contribution in [2.75, 3.05) is 29.4 Å². The Labute approximate surface area is 247 Å². The second-order valence-corrected chi connectivity index (χ2v) is 12.5. The lowest BCUT2D eigenvalue weighted by atomic mass is 9.98. The van der Waals surface area contributed by atoms with Crippen LogP contribution in [-0.4, -0.2) is 70.0 Å². The van der Waals surface area contributed by atoms with Crippen LogP contribution in [0.25, 0.3) is 11.3 Å². The molecule has 1 unspecified atom stereocenters. The van der Waals surface area contributed by atoms with E-state index >= 15 is 0 Å². The van der Waals surface area contributed by atoms with Crippen LogP contribution in [0.5, 0.6) is 0 Å². The molecule has 234 valence electrons. The van der Waals surface area contributed by atoms with Gasteiger partial charge in [-0.2, -0.15) is 18.1 Å². The number of nitrogens with zero attached hydrogens (tertiary/aromatic N) is 5. The van der Waals surface area contributed by atoms with Gasteiger partial charge in [-0.15, -0.1) is 0 Å². The molecule has 2 aromatic heterocycles. The second-order valence-electron chi connectivity index (χ2n) is 12.5. The van der Waals surface area contributed by atoms with Gasteiger partial charge in [-0.1, -0.05) is 0 Å². The van der Waals surface area contributed by atoms with Crippen LogP contribution in [0, 0.1) is 0 Å². The van der Waals surface area contributed by atoms with E-state index in [2.05, 4.69) is 9.97 Å². The van der Waals surface area contributed by atoms with Crippen molar-refractivity contribution in [2.45, 2.75) is 84.9 Å². The van der Waals surface area contributed by atoms with E-state index in [1.165, 1.54) is 24.1 Å². The molecule has 4 heterocycles. The molecule has 0 aliphatic carbocycles. The summed E-state index contributed by atoms with van der Waals surface area (Å²) in [7, 11) is 0. The molecule has 0 radical (unpaired) electrons. The summed E-state index contributed by atoms with van der Waals surface area (Å²) < 4.78 is 58.7. The molecule has 14 heteroatoms. The van der Waals surface area contributed by atoms with Crippen LogP contribution in [0.4, 0.5) is 39.2 Å². The van der Waals surface area contributed by atoms with Crippen LogP contribution >= 0.6 is 0 Å². The molecule has 0 spiro atoms. The maximum Gasteiger partial charge on any atom is 0.425 e. The first-order valence-corrected chi connectivity index (χ1v) is 13.8. The van der Waals surface area contributed by atoms with Crippen molar-refractivity contribution in [2.24, 2.45) is 0 Å². The smallest absolute Gasteiger partial charge is 0.425 e. The van der Waals surface area contributed by atoms with Crippen molar-refractivity contribution >= 4 is 29.9 Å². The van der Waals surface area contributed by atoms with Gasteiger partial charge in [-0.25, -0.2) is 24.4 Å². The van der Waals surface area contributed by atoms with Crippen LogP contribution in [-0.2, 0) is 20.4 Å². The van der Waals surface area contributed by atoms with E-state index in [0.29, 0.717) is 4.90 Å². The van der Waals surface area contributed by atoms with Gasteiger partial charge >= 0.3 is 24.5 Å². The fourth-order valence-electron chi connectivity index (χ4n) is 4.82. The Balaban J connectivity index is 1.75. The highest BCUT2D eigenvalue weighted by atomic mass is 19.4. The number of aromatic nitrogens is 2. The van der Waals surface area contributed by atoms with Gasteiger partial charge in [0.15, 0.2) is 5.82 Å². The maximum absolute atomic E-state index is 14.2. The Morgan fingerprint density at radius 3 is 2.19 bits per heavy atom. The zero-order chi connectivity index (χ0) is 32.1. The van der Waals surface area contributed by atoms with E-state index in [9.17, 15) is 27.6 Å². The van der Waals surface area contributed by atoms with Crippen molar-refractivity contribution in [1.82, 2.24) is 14.9 Å². The summed E-state index contributed by atoms with van der Waals surface area (Å²) in [5.74, 6) is -0.0635. The molecule has 43 heavy (non-hydrogen) atoms. The summed E-state index contributed by atoms with van der Waals surface area (Å²) in [6.07, 6.45) is -6.94. The molecule has 1 saturated heterocycles. The van der Waals surface area contributed by atoms with Crippen LogP contribution in [0.2, 0.25) is 0 Å². The largest absolute Gasteiger partial charge is 0.444 e. The lowest BCUT2D eigenvalue weighted by molar-refractivity contribution is -0.137. The minimum atomic E-state index is -4.70. The molecule has 1 fully saturated rings. The predicted molar refractivity (Wildman–Crippen MR) is 151 cm³/mol. The minimum Gasteiger partial charge on any atom is -0.444 e. The third-order valence-corrected chi connectivity index (χ3v) is 6.62. The third kappa shape index (κ3) is 7.11. The molecule has 2 aliphatic heterocycles. The van der Waals surface area contributed by atoms with Crippen molar-refractivity contribution in [1.29, 1.82) is 0 Å². The molecule has 3 amide bonds. The molecule has 4 rings (SSSR count). The average Bonchev–Trinajstić information content (AvgIpc) is 2.85. The van der Waals surface area contributed by atoms with Crippen LogP contribution in [0.1, 0.15) is 72.6 Å². The number of imide groups is 1. The number of ether oxygens (including phenoxy) is 3. The highest BCUT2D eigenvalue weighted by Crippen LogP contribution is 2.42. The molecular formula is C29H36F3N5O6. The van der Waals surface area contributed by atoms with E-state index in [1.807, 2.05) is 0 Å². The number of rotatable bonds is 2. The van der Waals surface area contributed by atoms with E-state index in [0.717, 1.165) is 12.1 Å². The van der Waals surface area contributed by atoms with Crippen molar-refractivity contribution < 1.29 is 41.8 Å². The summed E-state index contributed by atoms with van der Waals surface area (Å²) in [5, 5.41) is 0. The molecular weight excluding hydrogens is 571 g/mol. The van der Waals surface area contributed by atoms with E-state index < -0.39 is 47.3 Å². The van der Waals surface area contributed by atoms with E-state index in [4.69, 9.17) is 14.2 Å². The number of hydrogen-bond donors (Lipinski definition) is 0. The third-order valence-electron chi connectivity index (χ3n) is 6.62.